The predicted octanol–water partition coefficient (Wildman–Crippen LogP) is 3.17. The van der Waals surface area contributed by atoms with Crippen LogP contribution in [0.4, 0.5) is 0 Å². The van der Waals surface area contributed by atoms with E-state index in [4.69, 9.17) is 4.74 Å². The molecule has 1 aromatic rings. The third-order valence-corrected chi connectivity index (χ3v) is 3.60. The Bertz CT molecular complexity index is 409. The van der Waals surface area contributed by atoms with Crippen molar-refractivity contribution in [3.63, 3.8) is 0 Å². The summed E-state index contributed by atoms with van der Waals surface area (Å²) in [5, 5.41) is 0. The Hall–Kier alpha value is -1.31. The number of fused-ring (bicyclic) bond motifs is 1. The SMILES string of the molecule is CCC(CCc1ccc2c(c1)CCO2)C(C)=O. The maximum Gasteiger partial charge on any atom is 0.132 e. The molecule has 0 saturated carbocycles. The molecule has 92 valence electrons. The van der Waals surface area contributed by atoms with E-state index in [1.807, 2.05) is 0 Å². The van der Waals surface area contributed by atoms with Crippen molar-refractivity contribution in [1.82, 2.24) is 0 Å². The van der Waals surface area contributed by atoms with Gasteiger partial charge in [-0.15, -0.1) is 0 Å². The number of ether oxygens (including phenoxy) is 1. The first-order chi connectivity index (χ1) is 8.20. The van der Waals surface area contributed by atoms with Crippen LogP contribution in [-0.2, 0) is 17.6 Å². The molecule has 1 unspecified atom stereocenters. The lowest BCUT2D eigenvalue weighted by Gasteiger charge is -2.11. The van der Waals surface area contributed by atoms with E-state index in [0.29, 0.717) is 5.78 Å². The summed E-state index contributed by atoms with van der Waals surface area (Å²) in [4.78, 5) is 11.4. The molecule has 0 bridgehead atoms. The van der Waals surface area contributed by atoms with E-state index in [0.717, 1.165) is 38.0 Å². The van der Waals surface area contributed by atoms with Crippen LogP contribution in [0.25, 0.3) is 0 Å². The quantitative estimate of drug-likeness (QED) is 0.779. The smallest absolute Gasteiger partial charge is 0.132 e. The van der Waals surface area contributed by atoms with Crippen LogP contribution in [0.2, 0.25) is 0 Å². The second-order valence-electron chi connectivity index (χ2n) is 4.80. The summed E-state index contributed by atoms with van der Waals surface area (Å²) in [5.74, 6) is 1.57. The summed E-state index contributed by atoms with van der Waals surface area (Å²) >= 11 is 0. The fraction of sp³-hybridized carbons (Fsp3) is 0.533. The van der Waals surface area contributed by atoms with Gasteiger partial charge in [0, 0.05) is 12.3 Å². The number of Topliss-reactive ketones (excluding diaryl/α,β-unsaturated/α-hetero) is 1. The number of hydrogen-bond donors (Lipinski definition) is 0. The lowest BCUT2D eigenvalue weighted by atomic mass is 9.93. The second kappa shape index (κ2) is 5.35. The van der Waals surface area contributed by atoms with E-state index < -0.39 is 0 Å². The Morgan fingerprint density at radius 3 is 3.00 bits per heavy atom. The van der Waals surface area contributed by atoms with Crippen LogP contribution in [0.5, 0.6) is 5.75 Å². The maximum absolute atomic E-state index is 11.4. The summed E-state index contributed by atoms with van der Waals surface area (Å²) in [6.45, 7) is 4.59. The van der Waals surface area contributed by atoms with Gasteiger partial charge in [-0.25, -0.2) is 0 Å². The van der Waals surface area contributed by atoms with E-state index in [1.54, 1.807) is 6.92 Å². The molecule has 0 N–H and O–H groups in total. The highest BCUT2D eigenvalue weighted by atomic mass is 16.5. The zero-order valence-electron chi connectivity index (χ0n) is 10.7. The van der Waals surface area contributed by atoms with Gasteiger partial charge in [-0.1, -0.05) is 19.1 Å². The van der Waals surface area contributed by atoms with Gasteiger partial charge in [0.25, 0.3) is 0 Å². The molecule has 1 atom stereocenters. The molecule has 0 aromatic heterocycles. The normalized spacial score (nSPS) is 15.2. The molecule has 1 aliphatic heterocycles. The molecule has 0 radical (unpaired) electrons. The van der Waals surface area contributed by atoms with E-state index >= 15 is 0 Å². The second-order valence-corrected chi connectivity index (χ2v) is 4.80. The van der Waals surface area contributed by atoms with E-state index in [-0.39, 0.29) is 5.92 Å². The van der Waals surface area contributed by atoms with E-state index in [2.05, 4.69) is 25.1 Å². The van der Waals surface area contributed by atoms with Crippen molar-refractivity contribution < 1.29 is 9.53 Å². The number of carbonyl (C=O) groups is 1. The van der Waals surface area contributed by atoms with Gasteiger partial charge in [0.1, 0.15) is 11.5 Å². The summed E-state index contributed by atoms with van der Waals surface area (Å²) in [6.07, 6.45) is 3.92. The first kappa shape index (κ1) is 12.2. The molecule has 0 aliphatic carbocycles. The van der Waals surface area contributed by atoms with E-state index in [9.17, 15) is 4.79 Å². The maximum atomic E-state index is 11.4. The number of aryl methyl sites for hydroxylation is 1. The lowest BCUT2D eigenvalue weighted by Crippen LogP contribution is -2.10. The van der Waals surface area contributed by atoms with Gasteiger partial charge in [0.15, 0.2) is 0 Å². The standard InChI is InChI=1S/C15H20O2/c1-3-13(11(2)16)6-4-12-5-7-15-14(10-12)8-9-17-15/h5,7,10,13H,3-4,6,8-9H2,1-2H3. The summed E-state index contributed by atoms with van der Waals surface area (Å²) in [6, 6.07) is 6.42. The van der Waals surface area contributed by atoms with Gasteiger partial charge >= 0.3 is 0 Å². The molecular formula is C15H20O2. The van der Waals surface area contributed by atoms with Crippen LogP contribution in [-0.4, -0.2) is 12.4 Å². The lowest BCUT2D eigenvalue weighted by molar-refractivity contribution is -0.121. The Labute approximate surface area is 103 Å². The molecule has 0 saturated heterocycles. The van der Waals surface area contributed by atoms with Crippen molar-refractivity contribution >= 4 is 5.78 Å². The number of rotatable bonds is 5. The highest BCUT2D eigenvalue weighted by Gasteiger charge is 2.14. The third-order valence-electron chi connectivity index (χ3n) is 3.60. The Balaban J connectivity index is 1.97. The Morgan fingerprint density at radius 1 is 1.47 bits per heavy atom. The molecular weight excluding hydrogens is 212 g/mol. The molecule has 1 aliphatic rings. The summed E-state index contributed by atoms with van der Waals surface area (Å²) < 4.78 is 5.48. The van der Waals surface area contributed by atoms with Gasteiger partial charge in [-0.05, 0) is 43.4 Å². The van der Waals surface area contributed by atoms with Crippen LogP contribution in [0.1, 0.15) is 37.8 Å². The number of benzene rings is 1. The van der Waals surface area contributed by atoms with Crippen molar-refractivity contribution in [3.05, 3.63) is 29.3 Å². The molecule has 1 aromatic carbocycles. The monoisotopic (exact) mass is 232 g/mol. The molecule has 2 nitrogen and oxygen atoms in total. The van der Waals surface area contributed by atoms with Gasteiger partial charge in [0.2, 0.25) is 0 Å². The summed E-state index contributed by atoms with van der Waals surface area (Å²) in [7, 11) is 0. The zero-order valence-corrected chi connectivity index (χ0v) is 10.7. The number of ketones is 1. The van der Waals surface area contributed by atoms with Crippen LogP contribution < -0.4 is 4.74 Å². The van der Waals surface area contributed by atoms with Crippen LogP contribution >= 0.6 is 0 Å². The van der Waals surface area contributed by atoms with Crippen molar-refractivity contribution in [1.29, 1.82) is 0 Å². The minimum absolute atomic E-state index is 0.222. The topological polar surface area (TPSA) is 26.3 Å². The minimum atomic E-state index is 0.222. The molecule has 2 heteroatoms. The van der Waals surface area contributed by atoms with Crippen molar-refractivity contribution in [3.8, 4) is 5.75 Å². The molecule has 1 heterocycles. The van der Waals surface area contributed by atoms with Crippen LogP contribution in [0.15, 0.2) is 18.2 Å². The summed E-state index contributed by atoms with van der Waals surface area (Å²) in [5.41, 5.74) is 2.65. The average Bonchev–Trinajstić information content (AvgIpc) is 2.76. The molecule has 0 fully saturated rings. The van der Waals surface area contributed by atoms with Gasteiger partial charge in [0.05, 0.1) is 6.61 Å². The zero-order chi connectivity index (χ0) is 12.3. The van der Waals surface area contributed by atoms with Gasteiger partial charge < -0.3 is 4.74 Å². The largest absolute Gasteiger partial charge is 0.493 e. The molecule has 0 amide bonds. The van der Waals surface area contributed by atoms with Crippen molar-refractivity contribution in [2.45, 2.75) is 39.5 Å². The van der Waals surface area contributed by atoms with Gasteiger partial charge in [-0.3, -0.25) is 4.79 Å². The minimum Gasteiger partial charge on any atom is -0.493 e. The first-order valence-corrected chi connectivity index (χ1v) is 6.45. The van der Waals surface area contributed by atoms with Gasteiger partial charge in [-0.2, -0.15) is 0 Å². The van der Waals surface area contributed by atoms with Crippen molar-refractivity contribution in [2.75, 3.05) is 6.61 Å². The third kappa shape index (κ3) is 2.87. The molecule has 2 rings (SSSR count). The first-order valence-electron chi connectivity index (χ1n) is 6.45. The highest BCUT2D eigenvalue weighted by Crippen LogP contribution is 2.26. The molecule has 17 heavy (non-hydrogen) atoms. The number of hydrogen-bond acceptors (Lipinski definition) is 2. The van der Waals surface area contributed by atoms with Crippen LogP contribution in [0, 0.1) is 5.92 Å². The van der Waals surface area contributed by atoms with Crippen molar-refractivity contribution in [2.24, 2.45) is 5.92 Å². The Morgan fingerprint density at radius 2 is 2.29 bits per heavy atom. The fourth-order valence-electron chi connectivity index (χ4n) is 2.43. The average molecular weight is 232 g/mol. The predicted molar refractivity (Wildman–Crippen MR) is 68.4 cm³/mol. The highest BCUT2D eigenvalue weighted by molar-refractivity contribution is 5.78. The number of carbonyl (C=O) groups excluding carboxylic acids is 1. The molecule has 0 spiro atoms. The fourth-order valence-corrected chi connectivity index (χ4v) is 2.43. The van der Waals surface area contributed by atoms with Crippen LogP contribution in [0.3, 0.4) is 0 Å². The van der Waals surface area contributed by atoms with E-state index in [1.165, 1.54) is 11.1 Å². The Kier molecular flexibility index (Phi) is 3.82.